The smallest absolute Gasteiger partial charge is 0.321 e. The van der Waals surface area contributed by atoms with E-state index in [-0.39, 0.29) is 24.6 Å². The molecule has 6 heteroatoms. The van der Waals surface area contributed by atoms with Crippen molar-refractivity contribution >= 4 is 17.6 Å². The van der Waals surface area contributed by atoms with Crippen LogP contribution in [0.5, 0.6) is 0 Å². The van der Waals surface area contributed by atoms with Gasteiger partial charge in [0.15, 0.2) is 0 Å². The second kappa shape index (κ2) is 7.99. The summed E-state index contributed by atoms with van der Waals surface area (Å²) in [5.41, 5.74) is 2.60. The Morgan fingerprint density at radius 2 is 1.81 bits per heavy atom. The highest BCUT2D eigenvalue weighted by Crippen LogP contribution is 2.19. The predicted octanol–water partition coefficient (Wildman–Crippen LogP) is 3.26. The van der Waals surface area contributed by atoms with Gasteiger partial charge in [0.2, 0.25) is 5.91 Å². The number of urea groups is 1. The van der Waals surface area contributed by atoms with Gasteiger partial charge in [0.05, 0.1) is 5.69 Å². The zero-order chi connectivity index (χ0) is 18.5. The first-order chi connectivity index (χ1) is 12.5. The van der Waals surface area contributed by atoms with Crippen LogP contribution >= 0.6 is 0 Å². The molecule has 1 N–H and O–H groups in total. The molecule has 2 aromatic carbocycles. The molecule has 0 aromatic heterocycles. The Bertz CT molecular complexity index is 809. The van der Waals surface area contributed by atoms with Crippen LogP contribution in [0.2, 0.25) is 0 Å². The summed E-state index contributed by atoms with van der Waals surface area (Å²) in [6.45, 7) is 1.58. The van der Waals surface area contributed by atoms with Gasteiger partial charge in [-0.1, -0.05) is 36.4 Å². The van der Waals surface area contributed by atoms with E-state index in [2.05, 4.69) is 11.4 Å². The normalized spacial score (nSPS) is 13.1. The summed E-state index contributed by atoms with van der Waals surface area (Å²) in [6.07, 6.45) is 1.09. The zero-order valence-electron chi connectivity index (χ0n) is 14.7. The summed E-state index contributed by atoms with van der Waals surface area (Å²) in [5.74, 6) is -0.470. The number of benzene rings is 2. The maximum atomic E-state index is 13.6. The summed E-state index contributed by atoms with van der Waals surface area (Å²) < 4.78 is 13.6. The monoisotopic (exact) mass is 355 g/mol. The number of amides is 3. The number of fused-ring (bicyclic) bond motifs is 1. The van der Waals surface area contributed by atoms with Crippen molar-refractivity contribution in [1.29, 1.82) is 0 Å². The highest BCUT2D eigenvalue weighted by atomic mass is 19.1. The molecule has 0 unspecified atom stereocenters. The Balaban J connectivity index is 1.50. The number of anilines is 1. The average Bonchev–Trinajstić information content (AvgIpc) is 2.67. The third-order valence-electron chi connectivity index (χ3n) is 4.61. The Morgan fingerprint density at radius 3 is 2.58 bits per heavy atom. The largest absolute Gasteiger partial charge is 0.338 e. The van der Waals surface area contributed by atoms with Crippen molar-refractivity contribution < 1.29 is 14.0 Å². The average molecular weight is 355 g/mol. The lowest BCUT2D eigenvalue weighted by Crippen LogP contribution is -2.39. The second-order valence-corrected chi connectivity index (χ2v) is 6.42. The first-order valence-corrected chi connectivity index (χ1v) is 8.66. The number of nitrogens with zero attached hydrogens (tertiary/aromatic N) is 2. The number of rotatable bonds is 4. The van der Waals surface area contributed by atoms with Crippen LogP contribution in [0.1, 0.15) is 17.5 Å². The van der Waals surface area contributed by atoms with E-state index in [9.17, 15) is 14.0 Å². The lowest BCUT2D eigenvalue weighted by molar-refractivity contribution is -0.132. The molecule has 5 nitrogen and oxygen atoms in total. The molecule has 3 rings (SSSR count). The summed E-state index contributed by atoms with van der Waals surface area (Å²) >= 11 is 0. The molecule has 1 aliphatic heterocycles. The highest BCUT2D eigenvalue weighted by molar-refractivity contribution is 5.89. The molecule has 0 fully saturated rings. The lowest BCUT2D eigenvalue weighted by Gasteiger charge is -2.29. The first-order valence-electron chi connectivity index (χ1n) is 8.66. The van der Waals surface area contributed by atoms with Crippen molar-refractivity contribution in [3.05, 3.63) is 65.5 Å². The van der Waals surface area contributed by atoms with Gasteiger partial charge < -0.3 is 15.1 Å². The molecule has 26 heavy (non-hydrogen) atoms. The number of nitrogens with one attached hydrogen (secondary N) is 1. The number of para-hydroxylation sites is 1. The molecular formula is C20H22FN3O2. The number of carbonyl (C=O) groups is 2. The van der Waals surface area contributed by atoms with Gasteiger partial charge >= 0.3 is 6.03 Å². The van der Waals surface area contributed by atoms with Crippen LogP contribution in [0.3, 0.4) is 0 Å². The molecule has 136 valence electrons. The Hall–Kier alpha value is -2.89. The number of halogens is 1. The number of hydrogen-bond acceptors (Lipinski definition) is 2. The van der Waals surface area contributed by atoms with E-state index in [4.69, 9.17) is 0 Å². The van der Waals surface area contributed by atoms with E-state index in [0.717, 1.165) is 6.42 Å². The van der Waals surface area contributed by atoms with Crippen LogP contribution in [0, 0.1) is 5.82 Å². The fourth-order valence-electron chi connectivity index (χ4n) is 3.00. The molecule has 3 amide bonds. The third kappa shape index (κ3) is 4.20. The van der Waals surface area contributed by atoms with E-state index in [1.165, 1.54) is 28.2 Å². The zero-order valence-corrected chi connectivity index (χ0v) is 14.7. The van der Waals surface area contributed by atoms with Crippen molar-refractivity contribution in [2.75, 3.05) is 25.5 Å². The molecule has 0 spiro atoms. The molecule has 0 saturated carbocycles. The fourth-order valence-corrected chi connectivity index (χ4v) is 3.00. The molecule has 0 atom stereocenters. The quantitative estimate of drug-likeness (QED) is 0.915. The van der Waals surface area contributed by atoms with Crippen molar-refractivity contribution in [1.82, 2.24) is 9.80 Å². The van der Waals surface area contributed by atoms with Crippen LogP contribution in [-0.4, -0.2) is 41.9 Å². The Kier molecular flexibility index (Phi) is 5.51. The van der Waals surface area contributed by atoms with E-state index >= 15 is 0 Å². The predicted molar refractivity (Wildman–Crippen MR) is 98.2 cm³/mol. The summed E-state index contributed by atoms with van der Waals surface area (Å²) in [4.78, 5) is 27.8. The van der Waals surface area contributed by atoms with Crippen LogP contribution < -0.4 is 5.32 Å². The van der Waals surface area contributed by atoms with E-state index in [0.29, 0.717) is 13.1 Å². The molecule has 0 aliphatic carbocycles. The molecule has 0 radical (unpaired) electrons. The van der Waals surface area contributed by atoms with Gasteiger partial charge in [-0.05, 0) is 29.7 Å². The molecule has 0 saturated heterocycles. The highest BCUT2D eigenvalue weighted by Gasteiger charge is 2.21. The van der Waals surface area contributed by atoms with Crippen molar-refractivity contribution in [3.63, 3.8) is 0 Å². The van der Waals surface area contributed by atoms with Crippen LogP contribution in [-0.2, 0) is 17.8 Å². The third-order valence-corrected chi connectivity index (χ3v) is 4.61. The van der Waals surface area contributed by atoms with Gasteiger partial charge in [0.1, 0.15) is 5.82 Å². The summed E-state index contributed by atoms with van der Waals surface area (Å²) in [6, 6.07) is 13.7. The topological polar surface area (TPSA) is 52.7 Å². The SMILES string of the molecule is CN(CCC(=O)N1CCc2ccccc2C1)C(=O)Nc1ccccc1F. The minimum absolute atomic E-state index is 0.0186. The van der Waals surface area contributed by atoms with Crippen molar-refractivity contribution in [2.45, 2.75) is 19.4 Å². The molecule has 1 heterocycles. The minimum Gasteiger partial charge on any atom is -0.338 e. The van der Waals surface area contributed by atoms with Crippen LogP contribution in [0.4, 0.5) is 14.9 Å². The fraction of sp³-hybridized carbons (Fsp3) is 0.300. The van der Waals surface area contributed by atoms with Crippen molar-refractivity contribution in [2.24, 2.45) is 0 Å². The molecular weight excluding hydrogens is 333 g/mol. The first kappa shape index (κ1) is 17.9. The lowest BCUT2D eigenvalue weighted by atomic mass is 10.00. The van der Waals surface area contributed by atoms with E-state index in [1.54, 1.807) is 19.2 Å². The van der Waals surface area contributed by atoms with Gasteiger partial charge in [-0.2, -0.15) is 0 Å². The van der Waals surface area contributed by atoms with Gasteiger partial charge in [-0.15, -0.1) is 0 Å². The Morgan fingerprint density at radius 1 is 1.12 bits per heavy atom. The van der Waals surface area contributed by atoms with Gasteiger partial charge in [-0.3, -0.25) is 4.79 Å². The van der Waals surface area contributed by atoms with Crippen LogP contribution in [0.25, 0.3) is 0 Å². The maximum absolute atomic E-state index is 13.6. The summed E-state index contributed by atoms with van der Waals surface area (Å²) in [5, 5.41) is 2.51. The number of carbonyl (C=O) groups excluding carboxylic acids is 2. The minimum atomic E-state index is -0.489. The van der Waals surface area contributed by atoms with Gasteiger partial charge in [0, 0.05) is 33.1 Å². The number of hydrogen-bond donors (Lipinski definition) is 1. The summed E-state index contributed by atoms with van der Waals surface area (Å²) in [7, 11) is 1.59. The second-order valence-electron chi connectivity index (χ2n) is 6.42. The van der Waals surface area contributed by atoms with Crippen LogP contribution in [0.15, 0.2) is 48.5 Å². The van der Waals surface area contributed by atoms with E-state index < -0.39 is 11.8 Å². The van der Waals surface area contributed by atoms with Gasteiger partial charge in [-0.25, -0.2) is 9.18 Å². The maximum Gasteiger partial charge on any atom is 0.321 e. The van der Waals surface area contributed by atoms with E-state index in [1.807, 2.05) is 23.1 Å². The molecule has 0 bridgehead atoms. The molecule has 1 aliphatic rings. The molecule has 2 aromatic rings. The van der Waals surface area contributed by atoms with Crippen molar-refractivity contribution in [3.8, 4) is 0 Å². The standard InChI is InChI=1S/C20H22FN3O2/c1-23(20(26)22-18-9-5-4-8-17(18)21)12-11-19(25)24-13-10-15-6-2-3-7-16(15)14-24/h2-9H,10-14H2,1H3,(H,22,26). The Labute approximate surface area is 152 Å². The van der Waals surface area contributed by atoms with Gasteiger partial charge in [0.25, 0.3) is 0 Å².